The van der Waals surface area contributed by atoms with E-state index in [2.05, 4.69) is 41.5 Å². The summed E-state index contributed by atoms with van der Waals surface area (Å²) in [6, 6.07) is 10.2. The Bertz CT molecular complexity index is 367. The van der Waals surface area contributed by atoms with E-state index in [-0.39, 0.29) is 0 Å². The molecule has 1 aromatic rings. The van der Waals surface area contributed by atoms with Crippen LogP contribution in [0.1, 0.15) is 30.0 Å². The molecule has 0 spiro atoms. The summed E-state index contributed by atoms with van der Waals surface area (Å²) in [7, 11) is 2.10. The van der Waals surface area contributed by atoms with Crippen LogP contribution in [-0.2, 0) is 6.42 Å². The van der Waals surface area contributed by atoms with Crippen LogP contribution in [0, 0.1) is 0 Å². The van der Waals surface area contributed by atoms with Crippen LogP contribution in [0.4, 0.5) is 0 Å². The molecule has 0 aromatic heterocycles. The van der Waals surface area contributed by atoms with Crippen molar-refractivity contribution in [3.05, 3.63) is 35.4 Å². The Morgan fingerprint density at radius 1 is 1.19 bits per heavy atom. The molecule has 1 fully saturated rings. The normalized spacial score (nSPS) is 29.6. The monoisotopic (exact) mass is 216 g/mol. The highest BCUT2D eigenvalue weighted by atomic mass is 15.2. The molecule has 1 aromatic carbocycles. The molecular weight excluding hydrogens is 196 g/mol. The van der Waals surface area contributed by atoms with Gasteiger partial charge in [-0.25, -0.2) is 0 Å². The van der Waals surface area contributed by atoms with E-state index in [4.69, 9.17) is 0 Å². The van der Waals surface area contributed by atoms with Crippen molar-refractivity contribution in [1.29, 1.82) is 0 Å². The molecule has 2 aliphatic rings. The summed E-state index contributed by atoms with van der Waals surface area (Å²) in [5.74, 6) is 0. The number of nitrogens with one attached hydrogen (secondary N) is 1. The molecule has 0 amide bonds. The largest absolute Gasteiger partial charge is 0.315 e. The van der Waals surface area contributed by atoms with Crippen molar-refractivity contribution >= 4 is 0 Å². The number of nitrogens with zero attached hydrogens (tertiary/aromatic N) is 1. The number of hydrogen-bond donors (Lipinski definition) is 1. The molecular formula is C14H20N2. The third-order valence-corrected chi connectivity index (χ3v) is 4.10. The minimum absolute atomic E-state index is 0.607. The molecule has 0 radical (unpaired) electrons. The van der Waals surface area contributed by atoms with E-state index in [1.807, 2.05) is 0 Å². The van der Waals surface area contributed by atoms with Gasteiger partial charge in [0, 0.05) is 6.04 Å². The first-order valence-corrected chi connectivity index (χ1v) is 6.39. The Balaban J connectivity index is 1.94. The van der Waals surface area contributed by atoms with Crippen LogP contribution in [0.3, 0.4) is 0 Å². The smallest absolute Gasteiger partial charge is 0.0507 e. The zero-order chi connectivity index (χ0) is 11.0. The Morgan fingerprint density at radius 2 is 1.94 bits per heavy atom. The van der Waals surface area contributed by atoms with Crippen molar-refractivity contribution in [3.8, 4) is 0 Å². The van der Waals surface area contributed by atoms with Gasteiger partial charge in [0.05, 0.1) is 6.04 Å². The molecule has 0 unspecified atom stereocenters. The molecule has 2 nitrogen and oxygen atoms in total. The van der Waals surface area contributed by atoms with E-state index in [0.29, 0.717) is 12.1 Å². The first-order valence-electron chi connectivity index (χ1n) is 6.39. The van der Waals surface area contributed by atoms with Gasteiger partial charge in [0.1, 0.15) is 0 Å². The van der Waals surface area contributed by atoms with Crippen molar-refractivity contribution in [2.24, 2.45) is 0 Å². The lowest BCUT2D eigenvalue weighted by atomic mass is 10.1. The highest BCUT2D eigenvalue weighted by Crippen LogP contribution is 2.37. The molecule has 86 valence electrons. The van der Waals surface area contributed by atoms with Gasteiger partial charge in [-0.3, -0.25) is 4.90 Å². The Hall–Kier alpha value is -0.860. The number of likely N-dealkylation sites (tertiary alicyclic amines) is 1. The minimum Gasteiger partial charge on any atom is -0.315 e. The lowest BCUT2D eigenvalue weighted by Crippen LogP contribution is -2.39. The first-order chi connectivity index (χ1) is 7.90. The maximum Gasteiger partial charge on any atom is 0.0507 e. The zero-order valence-corrected chi connectivity index (χ0v) is 9.95. The fraction of sp³-hybridized carbons (Fsp3) is 0.571. The predicted molar refractivity (Wildman–Crippen MR) is 66.5 cm³/mol. The standard InChI is InChI=1S/C14H20N2/c1-15-13-10-11-6-2-3-7-12(11)14(13)16-8-4-5-9-16/h2-3,6-7,13-15H,4-5,8-10H2,1H3/t13-,14+/m1/s1. The number of fused-ring (bicyclic) bond motifs is 1. The molecule has 1 aliphatic heterocycles. The van der Waals surface area contributed by atoms with E-state index in [0.717, 1.165) is 0 Å². The summed E-state index contributed by atoms with van der Waals surface area (Å²) in [6.07, 6.45) is 3.93. The van der Waals surface area contributed by atoms with E-state index in [1.165, 1.54) is 32.4 Å². The maximum atomic E-state index is 3.50. The van der Waals surface area contributed by atoms with Gasteiger partial charge in [-0.1, -0.05) is 24.3 Å². The van der Waals surface area contributed by atoms with E-state index < -0.39 is 0 Å². The van der Waals surface area contributed by atoms with Gasteiger partial charge in [0.15, 0.2) is 0 Å². The molecule has 0 bridgehead atoms. The van der Waals surface area contributed by atoms with Crippen molar-refractivity contribution in [1.82, 2.24) is 10.2 Å². The number of benzene rings is 1. The fourth-order valence-electron chi connectivity index (χ4n) is 3.30. The third-order valence-electron chi connectivity index (χ3n) is 4.10. The first kappa shape index (κ1) is 10.3. The quantitative estimate of drug-likeness (QED) is 0.813. The van der Waals surface area contributed by atoms with E-state index >= 15 is 0 Å². The van der Waals surface area contributed by atoms with Gasteiger partial charge in [0.25, 0.3) is 0 Å². The minimum atomic E-state index is 0.607. The second-order valence-electron chi connectivity index (χ2n) is 4.99. The van der Waals surface area contributed by atoms with E-state index in [1.54, 1.807) is 11.1 Å². The molecule has 3 rings (SSSR count). The lowest BCUT2D eigenvalue weighted by Gasteiger charge is -2.29. The van der Waals surface area contributed by atoms with Gasteiger partial charge in [0.2, 0.25) is 0 Å². The molecule has 1 N–H and O–H groups in total. The summed E-state index contributed by atoms with van der Waals surface area (Å²) < 4.78 is 0. The van der Waals surface area contributed by atoms with Crippen LogP contribution in [0.25, 0.3) is 0 Å². The summed E-state index contributed by atoms with van der Waals surface area (Å²) in [5.41, 5.74) is 3.10. The topological polar surface area (TPSA) is 15.3 Å². The molecule has 16 heavy (non-hydrogen) atoms. The van der Waals surface area contributed by atoms with Crippen molar-refractivity contribution in [2.75, 3.05) is 20.1 Å². The Kier molecular flexibility index (Phi) is 2.70. The fourth-order valence-corrected chi connectivity index (χ4v) is 3.30. The zero-order valence-electron chi connectivity index (χ0n) is 9.95. The van der Waals surface area contributed by atoms with E-state index in [9.17, 15) is 0 Å². The SMILES string of the molecule is CN[C@@H]1Cc2ccccc2[C@@H]1N1CCCC1. The van der Waals surface area contributed by atoms with Gasteiger partial charge >= 0.3 is 0 Å². The second kappa shape index (κ2) is 4.19. The second-order valence-corrected chi connectivity index (χ2v) is 4.99. The van der Waals surface area contributed by atoms with Gasteiger partial charge in [-0.2, -0.15) is 0 Å². The van der Waals surface area contributed by atoms with Crippen molar-refractivity contribution < 1.29 is 0 Å². The van der Waals surface area contributed by atoms with Crippen LogP contribution in [0.15, 0.2) is 24.3 Å². The summed E-state index contributed by atoms with van der Waals surface area (Å²) in [5, 5.41) is 3.50. The van der Waals surface area contributed by atoms with Gasteiger partial charge in [-0.15, -0.1) is 0 Å². The maximum absolute atomic E-state index is 3.50. The summed E-state index contributed by atoms with van der Waals surface area (Å²) >= 11 is 0. The van der Waals surface area contributed by atoms with Crippen LogP contribution >= 0.6 is 0 Å². The van der Waals surface area contributed by atoms with Crippen molar-refractivity contribution in [2.45, 2.75) is 31.3 Å². The number of likely N-dealkylation sites (N-methyl/N-ethyl adjacent to an activating group) is 1. The van der Waals surface area contributed by atoms with Crippen LogP contribution in [0.5, 0.6) is 0 Å². The predicted octanol–water partition coefficient (Wildman–Crippen LogP) is 1.97. The lowest BCUT2D eigenvalue weighted by molar-refractivity contribution is 0.210. The average Bonchev–Trinajstić information content (AvgIpc) is 2.94. The average molecular weight is 216 g/mol. The molecule has 1 saturated heterocycles. The van der Waals surface area contributed by atoms with Gasteiger partial charge in [-0.05, 0) is 50.5 Å². The molecule has 1 heterocycles. The van der Waals surface area contributed by atoms with Crippen molar-refractivity contribution in [3.63, 3.8) is 0 Å². The number of hydrogen-bond acceptors (Lipinski definition) is 2. The highest BCUT2D eigenvalue weighted by Gasteiger charge is 2.36. The summed E-state index contributed by atoms with van der Waals surface area (Å²) in [6.45, 7) is 2.55. The third kappa shape index (κ3) is 1.57. The number of rotatable bonds is 2. The van der Waals surface area contributed by atoms with Crippen LogP contribution < -0.4 is 5.32 Å². The Morgan fingerprint density at radius 3 is 2.69 bits per heavy atom. The van der Waals surface area contributed by atoms with Crippen LogP contribution in [-0.4, -0.2) is 31.1 Å². The molecule has 0 saturated carbocycles. The molecule has 1 aliphatic carbocycles. The highest BCUT2D eigenvalue weighted by molar-refractivity contribution is 5.37. The Labute approximate surface area is 97.6 Å². The molecule has 2 atom stereocenters. The molecule has 2 heteroatoms. The van der Waals surface area contributed by atoms with Crippen LogP contribution in [0.2, 0.25) is 0 Å². The summed E-state index contributed by atoms with van der Waals surface area (Å²) in [4.78, 5) is 2.66. The van der Waals surface area contributed by atoms with Gasteiger partial charge < -0.3 is 5.32 Å².